The van der Waals surface area contributed by atoms with E-state index in [1.165, 1.54) is 16.7 Å². The van der Waals surface area contributed by atoms with Crippen LogP contribution in [0.15, 0.2) is 212 Å². The highest BCUT2D eigenvalue weighted by Gasteiger charge is 2.41. The lowest BCUT2D eigenvalue weighted by atomic mass is 9.61. The summed E-state index contributed by atoms with van der Waals surface area (Å²) in [5.41, 5.74) is 15.3. The summed E-state index contributed by atoms with van der Waals surface area (Å²) in [5.74, 6) is 1.53. The van der Waals surface area contributed by atoms with Gasteiger partial charge in [-0.15, -0.1) is 0 Å². The molecule has 0 saturated heterocycles. The highest BCUT2D eigenvalue weighted by atomic mass is 16.5. The molecule has 2 aromatic heterocycles. The molecule has 0 amide bonds. The number of aryl methyl sites for hydroxylation is 1. The van der Waals surface area contributed by atoms with Crippen molar-refractivity contribution >= 4 is 50.6 Å². The second-order valence-electron chi connectivity index (χ2n) is 25.6. The molecule has 3 heterocycles. The fraction of sp³-hybridized carbons (Fsp3) is 0.221. The van der Waals surface area contributed by atoms with Gasteiger partial charge < -0.3 is 4.74 Å². The summed E-state index contributed by atoms with van der Waals surface area (Å²) >= 11 is 0. The fourth-order valence-corrected chi connectivity index (χ4v) is 12.6. The van der Waals surface area contributed by atoms with Crippen LogP contribution in [0.4, 0.5) is 22.7 Å². The Bertz CT molecular complexity index is 4740. The molecule has 0 unspecified atom stereocenters. The molecular weight excluding hydrogens is 997 g/mol. The maximum absolute atomic E-state index is 9.46. The fourth-order valence-electron chi connectivity index (χ4n) is 12.6. The summed E-state index contributed by atoms with van der Waals surface area (Å²) in [7, 11) is 0. The number of benzene rings is 9. The molecule has 0 spiro atoms. The summed E-state index contributed by atoms with van der Waals surface area (Å²) in [5, 5.41) is 1.88. The Hall–Kier alpha value is -8.89. The zero-order valence-electron chi connectivity index (χ0n) is 54.6. The first-order valence-electron chi connectivity index (χ1n) is 31.7. The summed E-state index contributed by atoms with van der Waals surface area (Å²) in [6.07, 6.45) is 3.14. The number of hydrogen-bond acceptors (Lipinski definition) is 2. The predicted molar refractivity (Wildman–Crippen MR) is 345 cm³/mol. The quantitative estimate of drug-likeness (QED) is 0.135. The lowest BCUT2D eigenvalue weighted by Gasteiger charge is -2.43. The third kappa shape index (κ3) is 9.09. The molecule has 82 heavy (non-hydrogen) atoms. The Balaban J connectivity index is 0.977. The monoisotopic (exact) mass is 1070 g/mol. The van der Waals surface area contributed by atoms with Gasteiger partial charge >= 0.3 is 6.01 Å². The molecule has 5 nitrogen and oxygen atoms in total. The van der Waals surface area contributed by atoms with E-state index >= 15 is 0 Å². The van der Waals surface area contributed by atoms with Crippen molar-refractivity contribution in [3.05, 3.63) is 240 Å². The van der Waals surface area contributed by atoms with E-state index in [4.69, 9.17) is 15.2 Å². The SMILES string of the molecule is [2H]c1c([2H])c(-c2cnc(-n3c4cc(Oc5cccc([N+]6=C=[N+](c7c(-c8cccc(C(C)(C)C)c8)cccc7-c7ccccc7C(C)(C)C)c7ccccc76)c5)ccc4c4c(-c5ccccc5)cccc43)cc2C([2H])([2H])[2H])c2c(c1[2H])C(C)(C)CCC2(C)C. The molecule has 0 N–H and O–H groups in total. The molecule has 9 aromatic carbocycles. The smallest absolute Gasteiger partial charge is 0.457 e. The van der Waals surface area contributed by atoms with Gasteiger partial charge in [-0.05, 0) is 149 Å². The summed E-state index contributed by atoms with van der Waals surface area (Å²) < 4.78 is 68.5. The van der Waals surface area contributed by atoms with Gasteiger partial charge in [-0.3, -0.25) is 4.57 Å². The molecule has 0 bridgehead atoms. The van der Waals surface area contributed by atoms with Crippen molar-refractivity contribution < 1.29 is 13.0 Å². The first-order chi connectivity index (χ1) is 41.8. The van der Waals surface area contributed by atoms with Crippen LogP contribution in [-0.2, 0) is 21.7 Å². The molecule has 5 heteroatoms. The molecule has 404 valence electrons. The molecule has 13 rings (SSSR count). The van der Waals surface area contributed by atoms with Gasteiger partial charge in [0, 0.05) is 50.9 Å². The molecule has 2 aliphatic rings. The van der Waals surface area contributed by atoms with Crippen LogP contribution in [-0.4, -0.2) is 15.6 Å². The van der Waals surface area contributed by atoms with Crippen molar-refractivity contribution in [2.45, 2.75) is 111 Å². The molecule has 0 fully saturated rings. The zero-order chi connectivity index (χ0) is 62.0. The molecule has 1 aliphatic carbocycles. The van der Waals surface area contributed by atoms with Crippen molar-refractivity contribution in [2.24, 2.45) is 0 Å². The van der Waals surface area contributed by atoms with Crippen LogP contribution in [0.25, 0.3) is 72.1 Å². The topological polar surface area (TPSA) is 33.1 Å². The first kappa shape index (κ1) is 45.8. The van der Waals surface area contributed by atoms with E-state index in [9.17, 15) is 2.74 Å². The van der Waals surface area contributed by atoms with Gasteiger partial charge in [0.1, 0.15) is 17.3 Å². The summed E-state index contributed by atoms with van der Waals surface area (Å²) in [6, 6.07) is 68.4. The Labute approximate surface area is 492 Å². The minimum atomic E-state index is -2.65. The number of pyridine rings is 1. The molecule has 1 aliphatic heterocycles. The number of nitrogens with zero attached hydrogens (tertiary/aromatic N) is 4. The van der Waals surface area contributed by atoms with Gasteiger partial charge in [-0.1, -0.05) is 203 Å². The first-order valence-corrected chi connectivity index (χ1v) is 28.7. The van der Waals surface area contributed by atoms with E-state index in [0.29, 0.717) is 28.4 Å². The average molecular weight is 1080 g/mol. The van der Waals surface area contributed by atoms with Gasteiger partial charge in [0.25, 0.3) is 11.4 Å². The second-order valence-corrected chi connectivity index (χ2v) is 25.6. The Kier molecular flexibility index (Phi) is 11.0. The van der Waals surface area contributed by atoms with Crippen LogP contribution in [0.5, 0.6) is 11.5 Å². The maximum Gasteiger partial charge on any atom is 0.503 e. The molecule has 0 saturated carbocycles. The molecule has 11 aromatic rings. The largest absolute Gasteiger partial charge is 0.503 e. The van der Waals surface area contributed by atoms with Crippen LogP contribution in [0.1, 0.15) is 118 Å². The number of hydrogen-bond donors (Lipinski definition) is 0. The zero-order valence-corrected chi connectivity index (χ0v) is 48.6. The normalized spacial score (nSPS) is 15.8. The third-order valence-electron chi connectivity index (χ3n) is 17.0. The van der Waals surface area contributed by atoms with Crippen LogP contribution < -0.4 is 13.9 Å². The van der Waals surface area contributed by atoms with E-state index in [2.05, 4.69) is 206 Å². The van der Waals surface area contributed by atoms with Gasteiger partial charge in [0.2, 0.25) is 11.4 Å². The van der Waals surface area contributed by atoms with Crippen molar-refractivity contribution in [3.63, 3.8) is 0 Å². The second kappa shape index (κ2) is 19.7. The van der Waals surface area contributed by atoms with Crippen LogP contribution in [0.3, 0.4) is 0 Å². The lowest BCUT2D eigenvalue weighted by Crippen LogP contribution is -2.34. The van der Waals surface area contributed by atoms with E-state index in [1.54, 1.807) is 12.3 Å². The third-order valence-corrected chi connectivity index (χ3v) is 17.0. The van der Waals surface area contributed by atoms with E-state index in [-0.39, 0.29) is 40.1 Å². The van der Waals surface area contributed by atoms with Crippen molar-refractivity contribution in [1.29, 1.82) is 0 Å². The summed E-state index contributed by atoms with van der Waals surface area (Å²) in [6.45, 7) is 19.3. The average Bonchev–Trinajstić information content (AvgIpc) is 0.997. The van der Waals surface area contributed by atoms with Gasteiger partial charge in [0.05, 0.1) is 32.3 Å². The molecular formula is C77H72N4O+2. The van der Waals surface area contributed by atoms with Crippen LogP contribution in [0, 0.1) is 6.85 Å². The molecule has 0 atom stereocenters. The Morgan fingerprint density at radius 3 is 2.02 bits per heavy atom. The maximum atomic E-state index is 9.46. The number of aromatic nitrogens is 2. The molecule has 0 radical (unpaired) electrons. The Morgan fingerprint density at radius 2 is 1.23 bits per heavy atom. The van der Waals surface area contributed by atoms with E-state index < -0.39 is 17.7 Å². The van der Waals surface area contributed by atoms with Crippen molar-refractivity contribution in [3.8, 4) is 61.8 Å². The van der Waals surface area contributed by atoms with E-state index in [0.717, 1.165) is 90.8 Å². The highest BCUT2D eigenvalue weighted by Crippen LogP contribution is 2.51. The van der Waals surface area contributed by atoms with Gasteiger partial charge in [-0.2, -0.15) is 0 Å². The Morgan fingerprint density at radius 1 is 0.561 bits per heavy atom. The van der Waals surface area contributed by atoms with Gasteiger partial charge in [0.15, 0.2) is 0 Å². The van der Waals surface area contributed by atoms with Crippen LogP contribution >= 0.6 is 0 Å². The lowest BCUT2D eigenvalue weighted by molar-refractivity contribution is 0.333. The van der Waals surface area contributed by atoms with Crippen LogP contribution in [0.2, 0.25) is 0 Å². The minimum Gasteiger partial charge on any atom is -0.457 e. The van der Waals surface area contributed by atoms with Crippen molar-refractivity contribution in [1.82, 2.24) is 18.7 Å². The standard InChI is InChI=1S/C77H72N4O/c1-50-44-70(78-48-63(50)60-33-22-36-65-72(60)77(10,11)43-42-76(65,8)9)81-68-39-23-31-57(51-24-13-12-14-25-51)71(68)62-41-40-56(47-69(62)81)82-55-29-20-28-54(46-55)79-49-80(67-38-18-17-37-66(67)79)73-58(52-26-19-27-53(45-52)74(2,3)4)32-21-34-61(73)59-30-15-16-35-64(59)75(5,6)7/h12-41,44-48H,42-43H2,1-11H3/q+2/i1D3,22D,33D,36D. The number of para-hydroxylation sites is 3. The number of rotatable bonds is 9. The highest BCUT2D eigenvalue weighted by molar-refractivity contribution is 6.16. The van der Waals surface area contributed by atoms with E-state index in [1.807, 2.05) is 65.2 Å². The van der Waals surface area contributed by atoms with Gasteiger partial charge in [-0.25, -0.2) is 4.98 Å². The number of fused-ring (bicyclic) bond motifs is 5. The minimum absolute atomic E-state index is 0.0165. The number of ether oxygens (including phenoxy) is 1. The van der Waals surface area contributed by atoms with Crippen molar-refractivity contribution in [2.75, 3.05) is 0 Å². The summed E-state index contributed by atoms with van der Waals surface area (Å²) in [4.78, 5) is 5.15. The predicted octanol–water partition coefficient (Wildman–Crippen LogP) is 20.7.